The van der Waals surface area contributed by atoms with Crippen LogP contribution in [0.15, 0.2) is 67.4 Å². The van der Waals surface area contributed by atoms with Crippen molar-refractivity contribution in [2.75, 3.05) is 0 Å². The summed E-state index contributed by atoms with van der Waals surface area (Å²) >= 11 is 0. The van der Waals surface area contributed by atoms with Gasteiger partial charge >= 0.3 is 0 Å². The molecule has 168 valence electrons. The molecule has 0 fully saturated rings. The van der Waals surface area contributed by atoms with Crippen LogP contribution in [0.2, 0.25) is 0 Å². The van der Waals surface area contributed by atoms with Gasteiger partial charge in [-0.05, 0) is 31.2 Å². The van der Waals surface area contributed by atoms with Gasteiger partial charge in [0.25, 0.3) is 0 Å². The lowest BCUT2D eigenvalue weighted by Crippen LogP contribution is -2.18. The molecule has 0 aliphatic rings. The quantitative estimate of drug-likeness (QED) is 0.420. The number of benzene rings is 1. The summed E-state index contributed by atoms with van der Waals surface area (Å²) in [5.74, 6) is 0.867. The SMILES string of the molecule is Cc1nc([C@@H](N)Cc2ccccn2)n(C)c1-c1ccc(-n2ccnc2)cc1.Cl.Cl.Cl.Cl. The van der Waals surface area contributed by atoms with Gasteiger partial charge < -0.3 is 14.9 Å². The lowest BCUT2D eigenvalue weighted by atomic mass is 10.1. The molecule has 6 nitrogen and oxygen atoms in total. The van der Waals surface area contributed by atoms with E-state index < -0.39 is 0 Å². The Kier molecular flexibility index (Phi) is 11.8. The molecule has 0 radical (unpaired) electrons. The third-order valence-electron chi connectivity index (χ3n) is 4.73. The molecule has 0 amide bonds. The fourth-order valence-corrected chi connectivity index (χ4v) is 3.43. The van der Waals surface area contributed by atoms with Crippen LogP contribution in [0.4, 0.5) is 0 Å². The van der Waals surface area contributed by atoms with Crippen LogP contribution in [0.25, 0.3) is 16.9 Å². The van der Waals surface area contributed by atoms with Crippen LogP contribution in [0.1, 0.15) is 23.3 Å². The molecule has 0 saturated heterocycles. The fourth-order valence-electron chi connectivity index (χ4n) is 3.43. The summed E-state index contributed by atoms with van der Waals surface area (Å²) in [6.07, 6.45) is 7.94. The third-order valence-corrected chi connectivity index (χ3v) is 4.73. The van der Waals surface area contributed by atoms with Crippen LogP contribution in [0, 0.1) is 6.92 Å². The van der Waals surface area contributed by atoms with E-state index in [2.05, 4.69) is 38.8 Å². The number of hydrogen-bond donors (Lipinski definition) is 1. The molecule has 4 rings (SSSR count). The first-order valence-corrected chi connectivity index (χ1v) is 8.91. The first-order chi connectivity index (χ1) is 13.1. The van der Waals surface area contributed by atoms with Gasteiger partial charge in [-0.25, -0.2) is 9.97 Å². The second-order valence-electron chi connectivity index (χ2n) is 6.61. The Morgan fingerprint density at radius 1 is 0.968 bits per heavy atom. The molecule has 3 aromatic heterocycles. The number of aryl methyl sites for hydroxylation is 1. The standard InChI is InChI=1S/C21H22N6.4ClH/c1-15-20(16-6-8-18(9-7-16)27-12-11-23-14-27)26(2)21(25-15)19(22)13-17-5-3-4-10-24-17;;;;/h3-12,14,19H,13,22H2,1-2H3;4*1H/t19-;;;;/m0..../s1. The maximum atomic E-state index is 6.44. The van der Waals surface area contributed by atoms with E-state index in [0.717, 1.165) is 34.2 Å². The third kappa shape index (κ3) is 6.21. The maximum Gasteiger partial charge on any atom is 0.126 e. The molecular weight excluding hydrogens is 478 g/mol. The molecule has 10 heteroatoms. The van der Waals surface area contributed by atoms with E-state index in [1.54, 1.807) is 18.7 Å². The van der Waals surface area contributed by atoms with Crippen LogP contribution < -0.4 is 5.73 Å². The van der Waals surface area contributed by atoms with Gasteiger partial charge in [0.2, 0.25) is 0 Å². The fraction of sp³-hybridized carbons (Fsp3) is 0.190. The molecule has 1 atom stereocenters. The molecule has 1 aromatic carbocycles. The van der Waals surface area contributed by atoms with E-state index in [1.165, 1.54) is 0 Å². The highest BCUT2D eigenvalue weighted by molar-refractivity contribution is 5.86. The van der Waals surface area contributed by atoms with Gasteiger partial charge in [0.05, 0.1) is 23.8 Å². The monoisotopic (exact) mass is 502 g/mol. The number of nitrogens with two attached hydrogens (primary N) is 1. The van der Waals surface area contributed by atoms with Crippen molar-refractivity contribution in [2.24, 2.45) is 12.8 Å². The number of pyridine rings is 1. The second-order valence-corrected chi connectivity index (χ2v) is 6.61. The second kappa shape index (κ2) is 12.7. The zero-order valence-electron chi connectivity index (χ0n) is 17.1. The minimum Gasteiger partial charge on any atom is -0.330 e. The molecule has 4 aromatic rings. The highest BCUT2D eigenvalue weighted by atomic mass is 35.5. The molecule has 2 N–H and O–H groups in total. The Balaban J connectivity index is 0.00000225. The van der Waals surface area contributed by atoms with Crippen LogP contribution in [0.3, 0.4) is 0 Å². The van der Waals surface area contributed by atoms with Gasteiger partial charge in [0.15, 0.2) is 0 Å². The van der Waals surface area contributed by atoms with Gasteiger partial charge in [-0.2, -0.15) is 0 Å². The summed E-state index contributed by atoms with van der Waals surface area (Å²) in [6.45, 7) is 2.02. The molecule has 31 heavy (non-hydrogen) atoms. The molecule has 0 aliphatic heterocycles. The Hall–Kier alpha value is -2.09. The average molecular weight is 504 g/mol. The minimum absolute atomic E-state index is 0. The van der Waals surface area contributed by atoms with E-state index in [9.17, 15) is 0 Å². The average Bonchev–Trinajstić information content (AvgIpc) is 3.31. The number of rotatable bonds is 5. The first kappa shape index (κ1) is 28.9. The zero-order chi connectivity index (χ0) is 18.8. The summed E-state index contributed by atoms with van der Waals surface area (Å²) in [5, 5.41) is 0. The van der Waals surface area contributed by atoms with Gasteiger partial charge in [0.1, 0.15) is 5.82 Å². The summed E-state index contributed by atoms with van der Waals surface area (Å²) < 4.78 is 4.07. The summed E-state index contributed by atoms with van der Waals surface area (Å²) in [4.78, 5) is 13.2. The molecule has 0 unspecified atom stereocenters. The van der Waals surface area contributed by atoms with Crippen molar-refractivity contribution in [3.05, 3.63) is 84.6 Å². The number of nitrogens with zero attached hydrogens (tertiary/aromatic N) is 5. The van der Waals surface area contributed by atoms with E-state index in [0.29, 0.717) is 6.42 Å². The zero-order valence-corrected chi connectivity index (χ0v) is 20.3. The summed E-state index contributed by atoms with van der Waals surface area (Å²) in [5.41, 5.74) is 11.7. The Bertz CT molecular complexity index is 1030. The van der Waals surface area contributed by atoms with E-state index in [1.807, 2.05) is 42.9 Å². The summed E-state index contributed by atoms with van der Waals surface area (Å²) in [6, 6.07) is 14.0. The van der Waals surface area contributed by atoms with E-state index in [-0.39, 0.29) is 55.7 Å². The lowest BCUT2D eigenvalue weighted by Gasteiger charge is -2.13. The number of aromatic nitrogens is 5. The van der Waals surface area contributed by atoms with Crippen LogP contribution in [-0.2, 0) is 13.5 Å². The Labute approximate surface area is 207 Å². The van der Waals surface area contributed by atoms with Gasteiger partial charge in [-0.15, -0.1) is 49.6 Å². The molecule has 0 aliphatic carbocycles. The molecular formula is C21H26Cl4N6. The Morgan fingerprint density at radius 2 is 1.68 bits per heavy atom. The molecule has 0 spiro atoms. The van der Waals surface area contributed by atoms with E-state index >= 15 is 0 Å². The van der Waals surface area contributed by atoms with Crippen molar-refractivity contribution in [1.29, 1.82) is 0 Å². The number of imidazole rings is 2. The smallest absolute Gasteiger partial charge is 0.126 e. The van der Waals surface area contributed by atoms with Crippen molar-refractivity contribution >= 4 is 49.6 Å². The summed E-state index contributed by atoms with van der Waals surface area (Å²) in [7, 11) is 2.02. The topological polar surface area (TPSA) is 74.5 Å². The van der Waals surface area contributed by atoms with Crippen LogP contribution >= 0.6 is 49.6 Å². The highest BCUT2D eigenvalue weighted by Crippen LogP contribution is 2.27. The predicted molar refractivity (Wildman–Crippen MR) is 134 cm³/mol. The molecule has 0 saturated carbocycles. The van der Waals surface area contributed by atoms with E-state index in [4.69, 9.17) is 10.7 Å². The van der Waals surface area contributed by atoms with Gasteiger partial charge in [-0.3, -0.25) is 4.98 Å². The van der Waals surface area contributed by atoms with Gasteiger partial charge in [0, 0.05) is 49.0 Å². The van der Waals surface area contributed by atoms with Crippen molar-refractivity contribution < 1.29 is 0 Å². The predicted octanol–water partition coefficient (Wildman–Crippen LogP) is 4.91. The van der Waals surface area contributed by atoms with Crippen LogP contribution in [0.5, 0.6) is 0 Å². The van der Waals surface area contributed by atoms with Crippen LogP contribution in [-0.4, -0.2) is 24.1 Å². The highest BCUT2D eigenvalue weighted by Gasteiger charge is 2.19. The number of hydrogen-bond acceptors (Lipinski definition) is 4. The Morgan fingerprint density at radius 3 is 2.26 bits per heavy atom. The first-order valence-electron chi connectivity index (χ1n) is 8.91. The van der Waals surface area contributed by atoms with Crippen molar-refractivity contribution in [3.8, 4) is 16.9 Å². The number of halogens is 4. The molecule has 3 heterocycles. The largest absolute Gasteiger partial charge is 0.330 e. The maximum absolute atomic E-state index is 6.44. The van der Waals surface area contributed by atoms with Crippen molar-refractivity contribution in [1.82, 2.24) is 24.1 Å². The van der Waals surface area contributed by atoms with Crippen molar-refractivity contribution in [3.63, 3.8) is 0 Å². The molecule has 0 bridgehead atoms. The minimum atomic E-state index is -0.206. The van der Waals surface area contributed by atoms with Crippen molar-refractivity contribution in [2.45, 2.75) is 19.4 Å². The van der Waals surface area contributed by atoms with Gasteiger partial charge in [-0.1, -0.05) is 18.2 Å². The normalized spacial score (nSPS) is 10.7. The lowest BCUT2D eigenvalue weighted by molar-refractivity contribution is 0.625.